The van der Waals surface area contributed by atoms with Crippen molar-refractivity contribution in [1.29, 1.82) is 0 Å². The topological polar surface area (TPSA) is 50.8 Å². The van der Waals surface area contributed by atoms with Gasteiger partial charge in [0.2, 0.25) is 0 Å². The van der Waals surface area contributed by atoms with Crippen LogP contribution in [0.2, 0.25) is 0 Å². The van der Waals surface area contributed by atoms with Crippen LogP contribution < -0.4 is 10.1 Å². The number of morpholine rings is 1. The molecule has 0 radical (unpaired) electrons. The molecule has 2 aromatic rings. The van der Waals surface area contributed by atoms with Gasteiger partial charge >= 0.3 is 0 Å². The van der Waals surface area contributed by atoms with Gasteiger partial charge in [-0.2, -0.15) is 0 Å². The number of thiocarbonyl (C=S) groups is 1. The summed E-state index contributed by atoms with van der Waals surface area (Å²) in [6.45, 7) is 9.72. The number of carbonyl (C=O) groups is 1. The fourth-order valence-corrected chi connectivity index (χ4v) is 3.67. The van der Waals surface area contributed by atoms with Gasteiger partial charge in [0.25, 0.3) is 5.91 Å². The molecular formula is C23H28N2O3S. The first kappa shape index (κ1) is 21.3. The standard InChI is InChI=1S/C23H28N2O3S/c1-15-5-8-20(11-16(15)2)24-22(26)14-27-21-9-6-19(7-10-21)23(29)25-12-17(3)28-18(4)13-25/h5-11,17-18H,12-14H2,1-4H3,(H,24,26)/t17-,18-/m1/s1. The molecule has 0 aromatic heterocycles. The average molecular weight is 413 g/mol. The highest BCUT2D eigenvalue weighted by Crippen LogP contribution is 2.18. The van der Waals surface area contributed by atoms with E-state index in [1.165, 1.54) is 5.56 Å². The highest BCUT2D eigenvalue weighted by molar-refractivity contribution is 7.80. The lowest BCUT2D eigenvalue weighted by Crippen LogP contribution is -2.47. The van der Waals surface area contributed by atoms with Gasteiger partial charge in [0.05, 0.1) is 12.2 Å². The van der Waals surface area contributed by atoms with Gasteiger partial charge in [-0.25, -0.2) is 0 Å². The van der Waals surface area contributed by atoms with Crippen LogP contribution in [-0.4, -0.2) is 47.7 Å². The van der Waals surface area contributed by atoms with Crippen molar-refractivity contribution in [3.63, 3.8) is 0 Å². The second-order valence-electron chi connectivity index (χ2n) is 7.63. The molecule has 1 aliphatic heterocycles. The number of amides is 1. The fourth-order valence-electron chi connectivity index (χ4n) is 3.39. The minimum Gasteiger partial charge on any atom is -0.484 e. The first-order chi connectivity index (χ1) is 13.8. The molecule has 0 aliphatic carbocycles. The van der Waals surface area contributed by atoms with E-state index in [9.17, 15) is 4.79 Å². The van der Waals surface area contributed by atoms with Crippen molar-refractivity contribution < 1.29 is 14.3 Å². The molecule has 29 heavy (non-hydrogen) atoms. The number of rotatable bonds is 5. The predicted octanol–water partition coefficient (Wildman–Crippen LogP) is 4.11. The molecule has 1 aliphatic rings. The van der Waals surface area contributed by atoms with E-state index in [0.29, 0.717) is 5.75 Å². The van der Waals surface area contributed by atoms with Crippen LogP contribution in [0.4, 0.5) is 5.69 Å². The lowest BCUT2D eigenvalue weighted by atomic mass is 10.1. The number of benzene rings is 2. The minimum atomic E-state index is -0.191. The molecule has 5 nitrogen and oxygen atoms in total. The van der Waals surface area contributed by atoms with Gasteiger partial charge in [0, 0.05) is 24.3 Å². The number of hydrogen-bond donors (Lipinski definition) is 1. The fraction of sp³-hybridized carbons (Fsp3) is 0.391. The molecule has 3 rings (SSSR count). The predicted molar refractivity (Wildman–Crippen MR) is 120 cm³/mol. The van der Waals surface area contributed by atoms with E-state index >= 15 is 0 Å². The Labute approximate surface area is 178 Å². The smallest absolute Gasteiger partial charge is 0.262 e. The first-order valence-corrected chi connectivity index (χ1v) is 10.3. The van der Waals surface area contributed by atoms with Crippen molar-refractivity contribution in [3.8, 4) is 5.75 Å². The Hall–Kier alpha value is -2.44. The quantitative estimate of drug-likeness (QED) is 0.749. The second kappa shape index (κ2) is 9.37. The lowest BCUT2D eigenvalue weighted by Gasteiger charge is -2.37. The number of hydrogen-bond acceptors (Lipinski definition) is 4. The van der Waals surface area contributed by atoms with Crippen LogP contribution in [0.15, 0.2) is 42.5 Å². The van der Waals surface area contributed by atoms with Gasteiger partial charge in [-0.15, -0.1) is 0 Å². The summed E-state index contributed by atoms with van der Waals surface area (Å²) in [5, 5.41) is 2.86. The molecular weight excluding hydrogens is 384 g/mol. The van der Waals surface area contributed by atoms with Gasteiger partial charge in [-0.05, 0) is 75.2 Å². The third kappa shape index (κ3) is 5.78. The highest BCUT2D eigenvalue weighted by Gasteiger charge is 2.24. The van der Waals surface area contributed by atoms with E-state index in [2.05, 4.69) is 24.1 Å². The summed E-state index contributed by atoms with van der Waals surface area (Å²) in [5.74, 6) is 0.444. The van der Waals surface area contributed by atoms with Gasteiger partial charge < -0.3 is 19.7 Å². The Morgan fingerprint density at radius 3 is 2.38 bits per heavy atom. The number of nitrogens with zero attached hydrogens (tertiary/aromatic N) is 1. The molecule has 0 bridgehead atoms. The van der Waals surface area contributed by atoms with Crippen molar-refractivity contribution >= 4 is 28.8 Å². The summed E-state index contributed by atoms with van der Waals surface area (Å²) in [6, 6.07) is 13.4. The summed E-state index contributed by atoms with van der Waals surface area (Å²) in [6.07, 6.45) is 0.324. The summed E-state index contributed by atoms with van der Waals surface area (Å²) in [5.41, 5.74) is 4.07. The summed E-state index contributed by atoms with van der Waals surface area (Å²) in [4.78, 5) is 15.1. The van der Waals surface area contributed by atoms with Crippen molar-refractivity contribution in [3.05, 3.63) is 59.2 Å². The van der Waals surface area contributed by atoms with Gasteiger partial charge in [-0.1, -0.05) is 18.3 Å². The van der Waals surface area contributed by atoms with Crippen molar-refractivity contribution in [2.75, 3.05) is 25.0 Å². The molecule has 1 N–H and O–H groups in total. The average Bonchev–Trinajstić information content (AvgIpc) is 2.68. The molecule has 1 amide bonds. The van der Waals surface area contributed by atoms with Gasteiger partial charge in [0.15, 0.2) is 6.61 Å². The Bertz CT molecular complexity index is 872. The summed E-state index contributed by atoms with van der Waals surface area (Å²) < 4.78 is 11.4. The lowest BCUT2D eigenvalue weighted by molar-refractivity contribution is -0.118. The SMILES string of the molecule is Cc1ccc(NC(=O)COc2ccc(C(=S)N3C[C@@H](C)O[C@H](C)C3)cc2)cc1C. The second-order valence-corrected chi connectivity index (χ2v) is 8.01. The summed E-state index contributed by atoms with van der Waals surface area (Å²) >= 11 is 5.65. The number of aryl methyl sites for hydroxylation is 2. The number of carbonyl (C=O) groups excluding carboxylic acids is 1. The summed E-state index contributed by atoms with van der Waals surface area (Å²) in [7, 11) is 0. The van der Waals surface area contributed by atoms with E-state index in [4.69, 9.17) is 21.7 Å². The normalized spacial score (nSPS) is 19.0. The molecule has 0 saturated carbocycles. The van der Waals surface area contributed by atoms with Crippen LogP contribution in [0, 0.1) is 13.8 Å². The van der Waals surface area contributed by atoms with Crippen LogP contribution in [0.25, 0.3) is 0 Å². The van der Waals surface area contributed by atoms with E-state index in [0.717, 1.165) is 34.9 Å². The van der Waals surface area contributed by atoms with Crippen LogP contribution in [0.5, 0.6) is 5.75 Å². The van der Waals surface area contributed by atoms with E-state index in [1.807, 2.05) is 56.3 Å². The largest absolute Gasteiger partial charge is 0.484 e. The maximum absolute atomic E-state index is 12.1. The molecule has 2 atom stereocenters. The number of anilines is 1. The molecule has 0 spiro atoms. The molecule has 1 fully saturated rings. The van der Waals surface area contributed by atoms with E-state index in [-0.39, 0.29) is 24.7 Å². The Balaban J connectivity index is 1.53. The molecule has 1 heterocycles. The first-order valence-electron chi connectivity index (χ1n) is 9.86. The van der Waals surface area contributed by atoms with Crippen LogP contribution in [-0.2, 0) is 9.53 Å². The molecule has 2 aromatic carbocycles. The maximum Gasteiger partial charge on any atom is 0.262 e. The van der Waals surface area contributed by atoms with E-state index in [1.54, 1.807) is 0 Å². The highest BCUT2D eigenvalue weighted by atomic mass is 32.1. The van der Waals surface area contributed by atoms with Crippen LogP contribution in [0.1, 0.15) is 30.5 Å². The van der Waals surface area contributed by atoms with Crippen molar-refractivity contribution in [2.45, 2.75) is 39.9 Å². The Morgan fingerprint density at radius 1 is 1.10 bits per heavy atom. The minimum absolute atomic E-state index is 0.0464. The van der Waals surface area contributed by atoms with Crippen LogP contribution in [0.3, 0.4) is 0 Å². The third-order valence-corrected chi connectivity index (χ3v) is 5.46. The third-order valence-electron chi connectivity index (χ3n) is 4.97. The Kier molecular flexibility index (Phi) is 6.87. The van der Waals surface area contributed by atoms with Gasteiger partial charge in [-0.3, -0.25) is 4.79 Å². The zero-order chi connectivity index (χ0) is 21.0. The number of nitrogens with one attached hydrogen (secondary N) is 1. The van der Waals surface area contributed by atoms with Crippen molar-refractivity contribution in [2.24, 2.45) is 0 Å². The van der Waals surface area contributed by atoms with Crippen LogP contribution >= 0.6 is 12.2 Å². The zero-order valence-electron chi connectivity index (χ0n) is 17.4. The van der Waals surface area contributed by atoms with E-state index < -0.39 is 0 Å². The number of ether oxygens (including phenoxy) is 2. The van der Waals surface area contributed by atoms with Gasteiger partial charge in [0.1, 0.15) is 10.7 Å². The zero-order valence-corrected chi connectivity index (χ0v) is 18.2. The molecule has 1 saturated heterocycles. The molecule has 0 unspecified atom stereocenters. The maximum atomic E-state index is 12.1. The monoisotopic (exact) mass is 412 g/mol. The van der Waals surface area contributed by atoms with Crippen molar-refractivity contribution in [1.82, 2.24) is 4.90 Å². The Morgan fingerprint density at radius 2 is 1.76 bits per heavy atom. The molecule has 6 heteroatoms. The molecule has 154 valence electrons.